The topological polar surface area (TPSA) is 89.7 Å². The molecule has 3 aromatic rings. The van der Waals surface area contributed by atoms with Gasteiger partial charge in [0.1, 0.15) is 18.9 Å². The standard InChI is InChI=1S/C23H17BrN2O4S/c24-18-10-14(11-20-22(28)26(12-21(25)27)23(29)31-20)8-9-19(18)30-13-16-6-3-5-15-4-1-2-7-17(15)16/h1-11H,12-13H2,(H2,25,27)/b20-11-. The van der Waals surface area contributed by atoms with Gasteiger partial charge in [0.05, 0.1) is 9.38 Å². The molecular weight excluding hydrogens is 480 g/mol. The number of rotatable bonds is 6. The van der Waals surface area contributed by atoms with E-state index in [-0.39, 0.29) is 4.91 Å². The summed E-state index contributed by atoms with van der Waals surface area (Å²) in [5, 5.41) is 1.79. The highest BCUT2D eigenvalue weighted by atomic mass is 79.9. The Bertz CT molecular complexity index is 1240. The molecule has 4 rings (SSSR count). The summed E-state index contributed by atoms with van der Waals surface area (Å²) in [5.41, 5.74) is 6.90. The Morgan fingerprint density at radius 3 is 2.65 bits per heavy atom. The number of primary amides is 1. The van der Waals surface area contributed by atoms with Gasteiger partial charge in [-0.25, -0.2) is 0 Å². The predicted octanol–water partition coefficient (Wildman–Crippen LogP) is 4.70. The molecule has 0 spiro atoms. The van der Waals surface area contributed by atoms with Gasteiger partial charge in [0, 0.05) is 0 Å². The van der Waals surface area contributed by atoms with Crippen molar-refractivity contribution in [3.05, 3.63) is 81.2 Å². The number of carbonyl (C=O) groups is 3. The molecule has 1 aliphatic rings. The van der Waals surface area contributed by atoms with Crippen LogP contribution < -0.4 is 10.5 Å². The highest BCUT2D eigenvalue weighted by Crippen LogP contribution is 2.34. The van der Waals surface area contributed by atoms with Crippen LogP contribution in [0.25, 0.3) is 16.8 Å². The molecule has 0 aliphatic carbocycles. The molecule has 0 saturated carbocycles. The summed E-state index contributed by atoms with van der Waals surface area (Å²) in [5.74, 6) is -0.605. The Hall–Kier alpha value is -3.10. The van der Waals surface area contributed by atoms with Crippen LogP contribution in [0.1, 0.15) is 11.1 Å². The van der Waals surface area contributed by atoms with E-state index < -0.39 is 23.6 Å². The minimum absolute atomic E-state index is 0.238. The van der Waals surface area contributed by atoms with E-state index in [0.29, 0.717) is 17.9 Å². The van der Waals surface area contributed by atoms with E-state index in [1.807, 2.05) is 24.3 Å². The molecular formula is C23H17BrN2O4S. The molecule has 0 atom stereocenters. The van der Waals surface area contributed by atoms with Crippen LogP contribution in [-0.2, 0) is 16.2 Å². The first-order valence-corrected chi connectivity index (χ1v) is 11.0. The van der Waals surface area contributed by atoms with E-state index in [2.05, 4.69) is 34.1 Å². The van der Waals surface area contributed by atoms with Crippen LogP contribution >= 0.6 is 27.7 Å². The van der Waals surface area contributed by atoms with Crippen molar-refractivity contribution in [3.8, 4) is 5.75 Å². The first kappa shape index (κ1) is 21.1. The lowest BCUT2D eigenvalue weighted by atomic mass is 10.1. The third-order valence-corrected chi connectivity index (χ3v) is 6.23. The third-order valence-electron chi connectivity index (χ3n) is 4.70. The maximum atomic E-state index is 12.3. The summed E-state index contributed by atoms with van der Waals surface area (Å²) in [7, 11) is 0. The molecule has 1 fully saturated rings. The number of imide groups is 1. The number of thioether (sulfide) groups is 1. The summed E-state index contributed by atoms with van der Waals surface area (Å²) in [4.78, 5) is 36.4. The number of amides is 3. The molecule has 3 amide bonds. The maximum Gasteiger partial charge on any atom is 0.294 e. The number of benzene rings is 3. The summed E-state index contributed by atoms with van der Waals surface area (Å²) in [6.45, 7) is -0.0159. The zero-order valence-corrected chi connectivity index (χ0v) is 18.6. The molecule has 1 heterocycles. The lowest BCUT2D eigenvalue weighted by Crippen LogP contribution is -2.36. The van der Waals surface area contributed by atoms with E-state index in [4.69, 9.17) is 10.5 Å². The SMILES string of the molecule is NC(=O)CN1C(=O)S/C(=C\c2ccc(OCc3cccc4ccccc34)c(Br)c2)C1=O. The number of halogens is 1. The van der Waals surface area contributed by atoms with Gasteiger partial charge in [0.15, 0.2) is 0 Å². The van der Waals surface area contributed by atoms with Crippen LogP contribution in [0.5, 0.6) is 5.75 Å². The Labute approximate surface area is 191 Å². The minimum Gasteiger partial charge on any atom is -0.488 e. The van der Waals surface area contributed by atoms with E-state index in [9.17, 15) is 14.4 Å². The van der Waals surface area contributed by atoms with Crippen LogP contribution in [0.3, 0.4) is 0 Å². The van der Waals surface area contributed by atoms with Crippen molar-refractivity contribution in [3.63, 3.8) is 0 Å². The molecule has 1 saturated heterocycles. The first-order chi connectivity index (χ1) is 14.9. The largest absolute Gasteiger partial charge is 0.488 e. The molecule has 1 aliphatic heterocycles. The Morgan fingerprint density at radius 1 is 1.10 bits per heavy atom. The first-order valence-electron chi connectivity index (χ1n) is 9.35. The summed E-state index contributed by atoms with van der Waals surface area (Å²) < 4.78 is 6.72. The normalized spacial score (nSPS) is 15.1. The van der Waals surface area contributed by atoms with Crippen molar-refractivity contribution in [2.75, 3.05) is 6.54 Å². The fourth-order valence-electron chi connectivity index (χ4n) is 3.24. The van der Waals surface area contributed by atoms with Crippen molar-refractivity contribution in [2.45, 2.75) is 6.61 Å². The monoisotopic (exact) mass is 496 g/mol. The number of fused-ring (bicyclic) bond motifs is 1. The molecule has 2 N–H and O–H groups in total. The van der Waals surface area contributed by atoms with Crippen molar-refractivity contribution >= 4 is 61.6 Å². The van der Waals surface area contributed by atoms with Gasteiger partial charge in [-0.05, 0) is 67.8 Å². The number of hydrogen-bond donors (Lipinski definition) is 1. The zero-order valence-electron chi connectivity index (χ0n) is 16.2. The Balaban J connectivity index is 1.50. The van der Waals surface area contributed by atoms with Crippen molar-refractivity contribution in [2.24, 2.45) is 5.73 Å². The minimum atomic E-state index is -0.737. The summed E-state index contributed by atoms with van der Waals surface area (Å²) in [6, 6.07) is 19.6. The summed E-state index contributed by atoms with van der Waals surface area (Å²) >= 11 is 4.29. The second-order valence-electron chi connectivity index (χ2n) is 6.85. The van der Waals surface area contributed by atoms with Crippen LogP contribution in [0, 0.1) is 0 Å². The molecule has 3 aromatic carbocycles. The van der Waals surface area contributed by atoms with Gasteiger partial charge < -0.3 is 10.5 Å². The molecule has 0 aromatic heterocycles. The molecule has 6 nitrogen and oxygen atoms in total. The molecule has 156 valence electrons. The maximum absolute atomic E-state index is 12.3. The fourth-order valence-corrected chi connectivity index (χ4v) is 4.59. The quantitative estimate of drug-likeness (QED) is 0.499. The Kier molecular flexibility index (Phi) is 6.11. The Morgan fingerprint density at radius 2 is 1.87 bits per heavy atom. The molecule has 8 heteroatoms. The highest BCUT2D eigenvalue weighted by Gasteiger charge is 2.35. The number of hydrogen-bond acceptors (Lipinski definition) is 5. The second kappa shape index (κ2) is 8.95. The number of ether oxygens (including phenoxy) is 1. The van der Waals surface area contributed by atoms with Crippen LogP contribution in [0.4, 0.5) is 4.79 Å². The lowest BCUT2D eigenvalue weighted by molar-refractivity contribution is -0.127. The van der Waals surface area contributed by atoms with E-state index in [0.717, 1.165) is 37.5 Å². The number of carbonyl (C=O) groups excluding carboxylic acids is 3. The van der Waals surface area contributed by atoms with Crippen LogP contribution in [0.15, 0.2) is 70.0 Å². The van der Waals surface area contributed by atoms with E-state index >= 15 is 0 Å². The van der Waals surface area contributed by atoms with Gasteiger partial charge in [-0.3, -0.25) is 19.3 Å². The number of nitrogens with two attached hydrogens (primary N) is 1. The molecule has 0 bridgehead atoms. The van der Waals surface area contributed by atoms with Gasteiger partial charge in [0.25, 0.3) is 11.1 Å². The molecule has 0 radical (unpaired) electrons. The van der Waals surface area contributed by atoms with Gasteiger partial charge >= 0.3 is 0 Å². The van der Waals surface area contributed by atoms with Crippen molar-refractivity contribution in [1.82, 2.24) is 4.90 Å². The highest BCUT2D eigenvalue weighted by molar-refractivity contribution is 9.10. The average Bonchev–Trinajstić information content (AvgIpc) is 3.00. The number of nitrogens with zero attached hydrogens (tertiary/aromatic N) is 1. The van der Waals surface area contributed by atoms with Gasteiger partial charge in [-0.15, -0.1) is 0 Å². The van der Waals surface area contributed by atoms with Gasteiger partial charge in [0.2, 0.25) is 5.91 Å². The van der Waals surface area contributed by atoms with Crippen molar-refractivity contribution in [1.29, 1.82) is 0 Å². The predicted molar refractivity (Wildman–Crippen MR) is 124 cm³/mol. The summed E-state index contributed by atoms with van der Waals surface area (Å²) in [6.07, 6.45) is 1.60. The van der Waals surface area contributed by atoms with Crippen LogP contribution in [-0.4, -0.2) is 28.5 Å². The average molecular weight is 497 g/mol. The lowest BCUT2D eigenvalue weighted by Gasteiger charge is -2.11. The van der Waals surface area contributed by atoms with Crippen molar-refractivity contribution < 1.29 is 19.1 Å². The molecule has 31 heavy (non-hydrogen) atoms. The van der Waals surface area contributed by atoms with E-state index in [1.54, 1.807) is 24.3 Å². The van der Waals surface area contributed by atoms with Crippen LogP contribution in [0.2, 0.25) is 0 Å². The third kappa shape index (κ3) is 4.65. The second-order valence-corrected chi connectivity index (χ2v) is 8.70. The fraction of sp³-hybridized carbons (Fsp3) is 0.0870. The zero-order chi connectivity index (χ0) is 22.0. The molecule has 0 unspecified atom stereocenters. The van der Waals surface area contributed by atoms with E-state index in [1.165, 1.54) is 0 Å². The van der Waals surface area contributed by atoms with Gasteiger partial charge in [-0.2, -0.15) is 0 Å². The smallest absolute Gasteiger partial charge is 0.294 e. The van der Waals surface area contributed by atoms with Gasteiger partial charge in [-0.1, -0.05) is 48.5 Å².